The molecule has 1 fully saturated rings. The Bertz CT molecular complexity index is 431. The van der Waals surface area contributed by atoms with Crippen LogP contribution in [-0.4, -0.2) is 18.0 Å². The largest absolute Gasteiger partial charge is 0.370 e. The lowest BCUT2D eigenvalue weighted by Gasteiger charge is -2.19. The molecular formula is C10H10Cl2N2O2. The quantitative estimate of drug-likeness (QED) is 0.604. The Morgan fingerprint density at radius 1 is 1.19 bits per heavy atom. The van der Waals surface area contributed by atoms with Crippen LogP contribution in [-0.2, 0) is 0 Å². The van der Waals surface area contributed by atoms with E-state index in [1.54, 1.807) is 6.07 Å². The van der Waals surface area contributed by atoms with E-state index in [1.165, 1.54) is 6.07 Å². The van der Waals surface area contributed by atoms with Crippen LogP contribution in [0.1, 0.15) is 12.8 Å². The van der Waals surface area contributed by atoms with Gasteiger partial charge in [-0.25, -0.2) is 0 Å². The van der Waals surface area contributed by atoms with E-state index < -0.39 is 4.92 Å². The zero-order valence-corrected chi connectivity index (χ0v) is 9.96. The zero-order chi connectivity index (χ0) is 11.7. The van der Waals surface area contributed by atoms with Crippen LogP contribution in [0.15, 0.2) is 12.1 Å². The summed E-state index contributed by atoms with van der Waals surface area (Å²) in [6, 6.07) is 2.89. The average molecular weight is 261 g/mol. The van der Waals surface area contributed by atoms with Gasteiger partial charge in [0.15, 0.2) is 0 Å². The maximum atomic E-state index is 10.7. The smallest absolute Gasteiger partial charge is 0.289 e. The fourth-order valence-corrected chi connectivity index (χ4v) is 2.37. The molecule has 0 aliphatic carbocycles. The van der Waals surface area contributed by atoms with Gasteiger partial charge in [0.1, 0.15) is 5.02 Å². The molecule has 0 radical (unpaired) electrons. The molecule has 16 heavy (non-hydrogen) atoms. The minimum atomic E-state index is -0.526. The van der Waals surface area contributed by atoms with E-state index in [0.717, 1.165) is 31.6 Å². The summed E-state index contributed by atoms with van der Waals surface area (Å²) >= 11 is 11.9. The molecule has 6 heteroatoms. The van der Waals surface area contributed by atoms with Gasteiger partial charge in [0.25, 0.3) is 5.69 Å². The van der Waals surface area contributed by atoms with Crippen molar-refractivity contribution in [1.29, 1.82) is 0 Å². The van der Waals surface area contributed by atoms with Crippen molar-refractivity contribution < 1.29 is 4.92 Å². The van der Waals surface area contributed by atoms with Gasteiger partial charge in [0, 0.05) is 19.2 Å². The number of nitro benzene ring substituents is 1. The highest BCUT2D eigenvalue weighted by Gasteiger charge is 2.21. The zero-order valence-electron chi connectivity index (χ0n) is 8.45. The van der Waals surface area contributed by atoms with Gasteiger partial charge < -0.3 is 4.90 Å². The Hall–Kier alpha value is -1.00. The standard InChI is InChI=1S/C10H10Cl2N2O2/c11-7-6-10(14(15)16)8(12)5-9(7)13-3-1-2-4-13/h5-6H,1-4H2. The lowest BCUT2D eigenvalue weighted by Crippen LogP contribution is -2.18. The van der Waals surface area contributed by atoms with E-state index >= 15 is 0 Å². The van der Waals surface area contributed by atoms with Crippen LogP contribution >= 0.6 is 23.2 Å². The molecule has 0 atom stereocenters. The fourth-order valence-electron chi connectivity index (χ4n) is 1.87. The molecule has 0 spiro atoms. The highest BCUT2D eigenvalue weighted by molar-refractivity contribution is 6.36. The number of nitro groups is 1. The third kappa shape index (κ3) is 2.08. The highest BCUT2D eigenvalue weighted by Crippen LogP contribution is 2.37. The predicted octanol–water partition coefficient (Wildman–Crippen LogP) is 3.50. The van der Waals surface area contributed by atoms with Gasteiger partial charge in [-0.1, -0.05) is 23.2 Å². The molecule has 1 aromatic carbocycles. The highest BCUT2D eigenvalue weighted by atomic mass is 35.5. The molecule has 1 saturated heterocycles. The van der Waals surface area contributed by atoms with Gasteiger partial charge in [0.05, 0.1) is 15.6 Å². The average Bonchev–Trinajstić information content (AvgIpc) is 2.73. The van der Waals surface area contributed by atoms with Crippen molar-refractivity contribution >= 4 is 34.6 Å². The Balaban J connectivity index is 2.40. The topological polar surface area (TPSA) is 46.4 Å². The van der Waals surface area contributed by atoms with E-state index in [1.807, 2.05) is 0 Å². The Kier molecular flexibility index (Phi) is 3.21. The number of hydrogen-bond acceptors (Lipinski definition) is 3. The van der Waals surface area contributed by atoms with Crippen LogP contribution in [0.4, 0.5) is 11.4 Å². The summed E-state index contributed by atoms with van der Waals surface area (Å²) in [5, 5.41) is 11.2. The molecule has 0 N–H and O–H groups in total. The lowest BCUT2D eigenvalue weighted by molar-refractivity contribution is -0.384. The van der Waals surface area contributed by atoms with E-state index in [0.29, 0.717) is 5.02 Å². The van der Waals surface area contributed by atoms with Crippen molar-refractivity contribution in [3.63, 3.8) is 0 Å². The van der Waals surface area contributed by atoms with Crippen molar-refractivity contribution in [1.82, 2.24) is 0 Å². The van der Waals surface area contributed by atoms with Crippen LogP contribution in [0.3, 0.4) is 0 Å². The van der Waals surface area contributed by atoms with Crippen LogP contribution in [0.5, 0.6) is 0 Å². The van der Waals surface area contributed by atoms with E-state index in [2.05, 4.69) is 4.90 Å². The van der Waals surface area contributed by atoms with Gasteiger partial charge in [-0.3, -0.25) is 10.1 Å². The van der Waals surface area contributed by atoms with Gasteiger partial charge in [-0.05, 0) is 18.9 Å². The first-order chi connectivity index (χ1) is 7.59. The van der Waals surface area contributed by atoms with E-state index in [-0.39, 0.29) is 10.7 Å². The van der Waals surface area contributed by atoms with Crippen LogP contribution in [0.25, 0.3) is 0 Å². The Labute approximate surface area is 103 Å². The third-order valence-electron chi connectivity index (χ3n) is 2.66. The molecule has 1 heterocycles. The monoisotopic (exact) mass is 260 g/mol. The number of halogens is 2. The number of hydrogen-bond donors (Lipinski definition) is 0. The molecular weight excluding hydrogens is 251 g/mol. The first-order valence-electron chi connectivity index (χ1n) is 4.98. The van der Waals surface area contributed by atoms with Gasteiger partial charge in [0.2, 0.25) is 0 Å². The van der Waals surface area contributed by atoms with Crippen molar-refractivity contribution in [3.8, 4) is 0 Å². The molecule has 1 aliphatic heterocycles. The molecule has 1 aliphatic rings. The molecule has 4 nitrogen and oxygen atoms in total. The minimum Gasteiger partial charge on any atom is -0.370 e. The second-order valence-corrected chi connectivity index (χ2v) is 4.52. The summed E-state index contributed by atoms with van der Waals surface area (Å²) in [5.74, 6) is 0. The van der Waals surface area contributed by atoms with Crippen molar-refractivity contribution in [2.45, 2.75) is 12.8 Å². The van der Waals surface area contributed by atoms with Gasteiger partial charge in [-0.15, -0.1) is 0 Å². The first kappa shape index (κ1) is 11.5. The van der Waals surface area contributed by atoms with Crippen LogP contribution < -0.4 is 4.90 Å². The van der Waals surface area contributed by atoms with Crippen LogP contribution in [0, 0.1) is 10.1 Å². The van der Waals surface area contributed by atoms with Crippen molar-refractivity contribution in [2.75, 3.05) is 18.0 Å². The summed E-state index contributed by atoms with van der Waals surface area (Å²) in [7, 11) is 0. The molecule has 0 bridgehead atoms. The first-order valence-corrected chi connectivity index (χ1v) is 5.73. The number of anilines is 1. The summed E-state index contributed by atoms with van der Waals surface area (Å²) in [6.07, 6.45) is 2.23. The summed E-state index contributed by atoms with van der Waals surface area (Å²) in [6.45, 7) is 1.85. The maximum absolute atomic E-state index is 10.7. The Morgan fingerprint density at radius 2 is 1.81 bits per heavy atom. The molecule has 0 aromatic heterocycles. The lowest BCUT2D eigenvalue weighted by atomic mass is 10.2. The molecule has 0 unspecified atom stereocenters. The fraction of sp³-hybridized carbons (Fsp3) is 0.400. The summed E-state index contributed by atoms with van der Waals surface area (Å²) < 4.78 is 0. The normalized spacial score (nSPS) is 15.5. The van der Waals surface area contributed by atoms with Crippen molar-refractivity contribution in [2.24, 2.45) is 0 Å². The van der Waals surface area contributed by atoms with Crippen LogP contribution in [0.2, 0.25) is 10.0 Å². The Morgan fingerprint density at radius 3 is 2.38 bits per heavy atom. The van der Waals surface area contributed by atoms with Gasteiger partial charge >= 0.3 is 0 Å². The third-order valence-corrected chi connectivity index (χ3v) is 3.27. The molecule has 86 valence electrons. The summed E-state index contributed by atoms with van der Waals surface area (Å²) in [5.41, 5.74) is 0.643. The predicted molar refractivity (Wildman–Crippen MR) is 64.6 cm³/mol. The molecule has 1 aromatic rings. The second-order valence-electron chi connectivity index (χ2n) is 3.71. The molecule has 0 amide bonds. The SMILES string of the molecule is O=[N+]([O-])c1cc(Cl)c(N2CCCC2)cc1Cl. The van der Waals surface area contributed by atoms with E-state index in [4.69, 9.17) is 23.2 Å². The maximum Gasteiger partial charge on any atom is 0.289 e. The van der Waals surface area contributed by atoms with E-state index in [9.17, 15) is 10.1 Å². The summed E-state index contributed by atoms with van der Waals surface area (Å²) in [4.78, 5) is 12.2. The van der Waals surface area contributed by atoms with Gasteiger partial charge in [-0.2, -0.15) is 0 Å². The molecule has 2 rings (SSSR count). The second kappa shape index (κ2) is 4.47. The number of nitrogens with zero attached hydrogens (tertiary/aromatic N) is 2. The number of rotatable bonds is 2. The minimum absolute atomic E-state index is 0.135. The van der Waals surface area contributed by atoms with Crippen molar-refractivity contribution in [3.05, 3.63) is 32.3 Å². The molecule has 0 saturated carbocycles. The number of benzene rings is 1.